The van der Waals surface area contributed by atoms with Gasteiger partial charge in [-0.15, -0.1) is 0 Å². The summed E-state index contributed by atoms with van der Waals surface area (Å²) in [5.74, 6) is -1.33. The first-order valence-electron chi connectivity index (χ1n) is 8.75. The molecular weight excluding hydrogens is 349 g/mol. The van der Waals surface area contributed by atoms with Gasteiger partial charge in [-0.3, -0.25) is 9.69 Å². The number of aryl methyl sites for hydroxylation is 2. The molecule has 0 fully saturated rings. The number of carboxylic acids is 1. The van der Waals surface area contributed by atoms with E-state index in [1.807, 2.05) is 24.8 Å². The Bertz CT molecular complexity index is 1010. The zero-order valence-corrected chi connectivity index (χ0v) is 15.1. The number of carboxylic acid groups (broad SMARTS) is 1. The number of imidazole rings is 1. The van der Waals surface area contributed by atoms with Gasteiger partial charge in [0.2, 0.25) is 0 Å². The van der Waals surface area contributed by atoms with Crippen molar-refractivity contribution in [2.75, 3.05) is 6.54 Å². The predicted molar refractivity (Wildman–Crippen MR) is 96.1 cm³/mol. The Kier molecular flexibility index (Phi) is 4.27. The summed E-state index contributed by atoms with van der Waals surface area (Å²) in [4.78, 5) is 20.9. The summed E-state index contributed by atoms with van der Waals surface area (Å²) in [6, 6.07) is 5.61. The van der Waals surface area contributed by atoms with Gasteiger partial charge < -0.3 is 10.1 Å². The molecule has 0 bridgehead atoms. The van der Waals surface area contributed by atoms with E-state index in [-0.39, 0.29) is 12.4 Å². The molecule has 2 N–H and O–H groups in total. The van der Waals surface area contributed by atoms with E-state index < -0.39 is 12.0 Å². The number of aliphatic carboxylic acids is 1. The van der Waals surface area contributed by atoms with Gasteiger partial charge in [0.05, 0.1) is 23.4 Å². The van der Waals surface area contributed by atoms with Gasteiger partial charge in [-0.1, -0.05) is 0 Å². The summed E-state index contributed by atoms with van der Waals surface area (Å²) < 4.78 is 15.8. The Morgan fingerprint density at radius 3 is 2.89 bits per heavy atom. The molecule has 0 saturated heterocycles. The Morgan fingerprint density at radius 2 is 2.19 bits per heavy atom. The van der Waals surface area contributed by atoms with Crippen LogP contribution in [-0.2, 0) is 17.8 Å². The van der Waals surface area contributed by atoms with Gasteiger partial charge in [0.1, 0.15) is 5.82 Å². The number of nitrogens with zero attached hydrogens (tertiary/aromatic N) is 4. The van der Waals surface area contributed by atoms with Crippen LogP contribution in [0.5, 0.6) is 0 Å². The number of nitrogens with one attached hydrogen (secondary N) is 1. The van der Waals surface area contributed by atoms with E-state index in [1.165, 1.54) is 18.5 Å². The number of H-pyrrole nitrogens is 1. The molecule has 4 rings (SSSR count). The van der Waals surface area contributed by atoms with E-state index in [4.69, 9.17) is 0 Å². The highest BCUT2D eigenvalue weighted by atomic mass is 19.1. The summed E-state index contributed by atoms with van der Waals surface area (Å²) in [5, 5.41) is 14.2. The highest BCUT2D eigenvalue weighted by Gasteiger charge is 2.35. The molecule has 0 radical (unpaired) electrons. The molecule has 0 aliphatic carbocycles. The Morgan fingerprint density at radius 1 is 1.37 bits per heavy atom. The quantitative estimate of drug-likeness (QED) is 0.738. The van der Waals surface area contributed by atoms with Gasteiger partial charge in [-0.2, -0.15) is 5.10 Å². The van der Waals surface area contributed by atoms with Crippen molar-refractivity contribution >= 4 is 5.97 Å². The third-order valence-corrected chi connectivity index (χ3v) is 4.91. The van der Waals surface area contributed by atoms with Crippen molar-refractivity contribution in [3.8, 4) is 5.69 Å². The zero-order valence-electron chi connectivity index (χ0n) is 15.1. The molecule has 0 amide bonds. The van der Waals surface area contributed by atoms with Crippen LogP contribution in [0.4, 0.5) is 4.39 Å². The summed E-state index contributed by atoms with van der Waals surface area (Å²) in [5.41, 5.74) is 4.61. The molecule has 2 aromatic heterocycles. The molecule has 3 heterocycles. The third kappa shape index (κ3) is 3.12. The van der Waals surface area contributed by atoms with Gasteiger partial charge in [-0.25, -0.2) is 14.1 Å². The van der Waals surface area contributed by atoms with Crippen LogP contribution in [0.1, 0.15) is 34.4 Å². The second-order valence-corrected chi connectivity index (χ2v) is 6.84. The lowest BCUT2D eigenvalue weighted by molar-refractivity contribution is -0.144. The fourth-order valence-corrected chi connectivity index (χ4v) is 3.75. The van der Waals surface area contributed by atoms with Crippen LogP contribution < -0.4 is 0 Å². The molecule has 1 aliphatic heterocycles. The number of halogens is 1. The molecule has 27 heavy (non-hydrogen) atoms. The highest BCUT2D eigenvalue weighted by Crippen LogP contribution is 2.30. The minimum Gasteiger partial charge on any atom is -0.480 e. The van der Waals surface area contributed by atoms with E-state index in [2.05, 4.69) is 15.1 Å². The van der Waals surface area contributed by atoms with Gasteiger partial charge in [0.15, 0.2) is 6.04 Å². The van der Waals surface area contributed by atoms with Crippen LogP contribution in [-0.4, -0.2) is 42.3 Å². The first-order valence-corrected chi connectivity index (χ1v) is 8.75. The predicted octanol–water partition coefficient (Wildman–Crippen LogP) is 2.54. The van der Waals surface area contributed by atoms with Crippen molar-refractivity contribution in [2.24, 2.45) is 0 Å². The smallest absolute Gasteiger partial charge is 0.327 e. The van der Waals surface area contributed by atoms with E-state index >= 15 is 0 Å². The lowest BCUT2D eigenvalue weighted by atomic mass is 10.0. The van der Waals surface area contributed by atoms with Crippen molar-refractivity contribution < 1.29 is 14.3 Å². The average Bonchev–Trinajstić information content (AvgIpc) is 3.20. The number of rotatable bonds is 4. The molecule has 3 aromatic rings. The molecule has 8 heteroatoms. The minimum atomic E-state index is -0.966. The molecule has 140 valence electrons. The van der Waals surface area contributed by atoms with Crippen molar-refractivity contribution in [3.05, 3.63) is 64.7 Å². The first kappa shape index (κ1) is 17.4. The molecule has 1 aliphatic rings. The summed E-state index contributed by atoms with van der Waals surface area (Å²) in [7, 11) is 0. The van der Waals surface area contributed by atoms with Gasteiger partial charge in [0.25, 0.3) is 0 Å². The van der Waals surface area contributed by atoms with Crippen LogP contribution >= 0.6 is 0 Å². The monoisotopic (exact) mass is 369 g/mol. The third-order valence-electron chi connectivity index (χ3n) is 4.91. The summed E-state index contributed by atoms with van der Waals surface area (Å²) >= 11 is 0. The maximum absolute atomic E-state index is 14.0. The average molecular weight is 369 g/mol. The SMILES string of the molecule is Cc1cc(C)n(-c2ccc(F)cc2CN2CCc3[nH]cnc3[C@@H]2C(=O)O)n1. The zero-order chi connectivity index (χ0) is 19.1. The number of carbonyl (C=O) groups is 1. The Balaban J connectivity index is 1.73. The van der Waals surface area contributed by atoms with Gasteiger partial charge in [0, 0.05) is 30.9 Å². The molecule has 7 nitrogen and oxygen atoms in total. The van der Waals surface area contributed by atoms with Crippen molar-refractivity contribution in [2.45, 2.75) is 32.9 Å². The minimum absolute atomic E-state index is 0.286. The van der Waals surface area contributed by atoms with Gasteiger partial charge >= 0.3 is 5.97 Å². The summed E-state index contributed by atoms with van der Waals surface area (Å²) in [6.07, 6.45) is 2.19. The normalized spacial score (nSPS) is 17.1. The largest absolute Gasteiger partial charge is 0.480 e. The van der Waals surface area contributed by atoms with Crippen LogP contribution in [0.25, 0.3) is 5.69 Å². The number of benzene rings is 1. The fraction of sp³-hybridized carbons (Fsp3) is 0.316. The summed E-state index contributed by atoms with van der Waals surface area (Å²) in [6.45, 7) is 4.66. The number of hydrogen-bond acceptors (Lipinski definition) is 4. The second-order valence-electron chi connectivity index (χ2n) is 6.84. The molecule has 0 unspecified atom stereocenters. The van der Waals surface area contributed by atoms with E-state index in [0.717, 1.165) is 22.8 Å². The van der Waals surface area contributed by atoms with Gasteiger partial charge in [-0.05, 0) is 43.7 Å². The van der Waals surface area contributed by atoms with Crippen LogP contribution in [0, 0.1) is 19.7 Å². The van der Waals surface area contributed by atoms with E-state index in [1.54, 1.807) is 10.7 Å². The topological polar surface area (TPSA) is 87.0 Å². The number of fused-ring (bicyclic) bond motifs is 1. The van der Waals surface area contributed by atoms with Crippen molar-refractivity contribution in [1.82, 2.24) is 24.6 Å². The maximum Gasteiger partial charge on any atom is 0.327 e. The second kappa shape index (κ2) is 6.62. The van der Waals surface area contributed by atoms with Crippen LogP contribution in [0.3, 0.4) is 0 Å². The van der Waals surface area contributed by atoms with E-state index in [0.29, 0.717) is 24.2 Å². The van der Waals surface area contributed by atoms with Crippen molar-refractivity contribution in [1.29, 1.82) is 0 Å². The molecular formula is C19H20FN5O2. The van der Waals surface area contributed by atoms with E-state index in [9.17, 15) is 14.3 Å². The Hall–Kier alpha value is -3.00. The number of hydrogen-bond donors (Lipinski definition) is 2. The standard InChI is InChI=1S/C19H20FN5O2/c1-11-7-12(2)25(23-11)16-4-3-14(20)8-13(16)9-24-6-5-15-17(22-10-21-15)18(24)19(26)27/h3-4,7-8,10,18H,5-6,9H2,1-2H3,(H,21,22)(H,26,27)/t18-/m1/s1. The molecule has 0 saturated carbocycles. The fourth-order valence-electron chi connectivity index (χ4n) is 3.75. The molecule has 1 aromatic carbocycles. The molecule has 0 spiro atoms. The van der Waals surface area contributed by atoms with Crippen LogP contribution in [0.2, 0.25) is 0 Å². The Labute approximate surface area is 155 Å². The first-order chi connectivity index (χ1) is 12.9. The van der Waals surface area contributed by atoms with Crippen LogP contribution in [0.15, 0.2) is 30.6 Å². The van der Waals surface area contributed by atoms with Crippen molar-refractivity contribution in [3.63, 3.8) is 0 Å². The molecule has 1 atom stereocenters. The maximum atomic E-state index is 14.0. The number of aromatic amines is 1. The lowest BCUT2D eigenvalue weighted by Crippen LogP contribution is -2.39. The highest BCUT2D eigenvalue weighted by molar-refractivity contribution is 5.75. The lowest BCUT2D eigenvalue weighted by Gasteiger charge is -2.32. The number of aromatic nitrogens is 4.